The molecule has 1 aromatic carbocycles. The molecule has 0 aromatic heterocycles. The van der Waals surface area contributed by atoms with Crippen molar-refractivity contribution >= 4 is 47.0 Å². The van der Waals surface area contributed by atoms with Gasteiger partial charge in [-0.25, -0.2) is 0 Å². The molecule has 2 heterocycles. The number of hydrogen-bond donors (Lipinski definition) is 2. The number of amides is 3. The van der Waals surface area contributed by atoms with Gasteiger partial charge in [-0.1, -0.05) is 29.3 Å². The van der Waals surface area contributed by atoms with Gasteiger partial charge >= 0.3 is 0 Å². The first-order valence-electron chi connectivity index (χ1n) is 10.6. The minimum absolute atomic E-state index is 0.0986. The summed E-state index contributed by atoms with van der Waals surface area (Å²) in [7, 11) is 0. The molecular weight excluding hydrogens is 457 g/mol. The molecule has 174 valence electrons. The fourth-order valence-corrected chi connectivity index (χ4v) is 4.05. The molecule has 3 rings (SSSR count). The van der Waals surface area contributed by atoms with Gasteiger partial charge in [0, 0.05) is 58.2 Å². The van der Waals surface area contributed by atoms with Gasteiger partial charge in [-0.15, -0.1) is 0 Å². The van der Waals surface area contributed by atoms with Crippen LogP contribution in [0.1, 0.15) is 24.8 Å². The second kappa shape index (κ2) is 11.1. The minimum Gasteiger partial charge on any atom is -0.390 e. The summed E-state index contributed by atoms with van der Waals surface area (Å²) in [6, 6.07) is 5.08. The molecule has 0 unspecified atom stereocenters. The second-order valence-corrected chi connectivity index (χ2v) is 8.79. The van der Waals surface area contributed by atoms with Crippen molar-refractivity contribution in [2.24, 2.45) is 0 Å². The van der Waals surface area contributed by atoms with Crippen LogP contribution in [-0.4, -0.2) is 94.1 Å². The molecule has 10 heteroatoms. The van der Waals surface area contributed by atoms with E-state index in [9.17, 15) is 24.6 Å². The standard InChI is InChI=1S/C22H27Cl2N3O5/c23-16-3-1-15(13-17(16)24)2-4-20(30)25-9-6-21(31)26(12-11-25)10-7-22(32)27-8-5-18(28)19(29)14-27/h1-4,13,18-19,28-29H,5-12,14H2/t18-,19+/m0/s1. The number of β-amino-alcohol motifs (C(OH)–C–C–N with tert-alkyl or cyclic N) is 1. The number of nitrogens with zero attached hydrogens (tertiary/aromatic N) is 3. The Hall–Kier alpha value is -2.13. The average molecular weight is 484 g/mol. The first-order valence-corrected chi connectivity index (χ1v) is 11.3. The molecule has 2 aliphatic heterocycles. The Morgan fingerprint density at radius 3 is 2.53 bits per heavy atom. The average Bonchev–Trinajstić information content (AvgIpc) is 2.96. The van der Waals surface area contributed by atoms with E-state index < -0.39 is 12.2 Å². The molecule has 2 aliphatic rings. The fourth-order valence-electron chi connectivity index (χ4n) is 3.75. The number of hydrogen-bond acceptors (Lipinski definition) is 5. The predicted molar refractivity (Wildman–Crippen MR) is 121 cm³/mol. The van der Waals surface area contributed by atoms with Crippen molar-refractivity contribution in [1.29, 1.82) is 0 Å². The van der Waals surface area contributed by atoms with E-state index in [0.29, 0.717) is 42.6 Å². The van der Waals surface area contributed by atoms with Crippen molar-refractivity contribution in [1.82, 2.24) is 14.7 Å². The van der Waals surface area contributed by atoms with Gasteiger partial charge in [0.15, 0.2) is 0 Å². The maximum Gasteiger partial charge on any atom is 0.246 e. The van der Waals surface area contributed by atoms with Crippen LogP contribution in [0.5, 0.6) is 0 Å². The molecule has 32 heavy (non-hydrogen) atoms. The van der Waals surface area contributed by atoms with E-state index in [1.807, 2.05) is 0 Å². The van der Waals surface area contributed by atoms with E-state index in [4.69, 9.17) is 23.2 Å². The Balaban J connectivity index is 1.49. The van der Waals surface area contributed by atoms with Crippen molar-refractivity contribution in [3.63, 3.8) is 0 Å². The van der Waals surface area contributed by atoms with Crippen LogP contribution in [0.2, 0.25) is 10.0 Å². The highest BCUT2D eigenvalue weighted by Gasteiger charge is 2.29. The van der Waals surface area contributed by atoms with Gasteiger partial charge in [0.1, 0.15) is 0 Å². The summed E-state index contributed by atoms with van der Waals surface area (Å²) in [5, 5.41) is 20.2. The van der Waals surface area contributed by atoms with Crippen molar-refractivity contribution in [3.05, 3.63) is 39.9 Å². The fraction of sp³-hybridized carbons (Fsp3) is 0.500. The number of benzene rings is 1. The van der Waals surface area contributed by atoms with Crippen molar-refractivity contribution in [2.45, 2.75) is 31.5 Å². The van der Waals surface area contributed by atoms with E-state index in [-0.39, 0.29) is 43.7 Å². The monoisotopic (exact) mass is 483 g/mol. The third kappa shape index (κ3) is 6.45. The zero-order chi connectivity index (χ0) is 23.3. The lowest BCUT2D eigenvalue weighted by atomic mass is 10.0. The first kappa shape index (κ1) is 24.5. The van der Waals surface area contributed by atoms with Gasteiger partial charge in [-0.3, -0.25) is 14.4 Å². The van der Waals surface area contributed by atoms with Gasteiger partial charge in [0.2, 0.25) is 17.7 Å². The van der Waals surface area contributed by atoms with Crippen molar-refractivity contribution in [3.8, 4) is 0 Å². The third-order valence-electron chi connectivity index (χ3n) is 5.76. The number of aliphatic hydroxyl groups excluding tert-OH is 2. The Morgan fingerprint density at radius 2 is 1.81 bits per heavy atom. The van der Waals surface area contributed by atoms with Crippen LogP contribution in [0.3, 0.4) is 0 Å². The van der Waals surface area contributed by atoms with Crippen LogP contribution < -0.4 is 0 Å². The molecule has 2 saturated heterocycles. The molecule has 2 atom stereocenters. The van der Waals surface area contributed by atoms with Gasteiger partial charge < -0.3 is 24.9 Å². The molecule has 8 nitrogen and oxygen atoms in total. The van der Waals surface area contributed by atoms with E-state index in [0.717, 1.165) is 5.56 Å². The van der Waals surface area contributed by atoms with Crippen LogP contribution in [0.15, 0.2) is 24.3 Å². The number of carbonyl (C=O) groups excluding carboxylic acids is 3. The summed E-state index contributed by atoms with van der Waals surface area (Å²) in [5.74, 6) is -0.469. The zero-order valence-corrected chi connectivity index (χ0v) is 19.1. The van der Waals surface area contributed by atoms with E-state index in [1.165, 1.54) is 11.0 Å². The van der Waals surface area contributed by atoms with Crippen LogP contribution in [0, 0.1) is 0 Å². The predicted octanol–water partition coefficient (Wildman–Crippen LogP) is 1.41. The lowest BCUT2D eigenvalue weighted by Gasteiger charge is -2.34. The van der Waals surface area contributed by atoms with Crippen LogP contribution >= 0.6 is 23.2 Å². The highest BCUT2D eigenvalue weighted by Crippen LogP contribution is 2.23. The molecule has 0 radical (unpaired) electrons. The molecule has 1 aromatic rings. The SMILES string of the molecule is O=C(C=Cc1ccc(Cl)c(Cl)c1)N1CCC(=O)N(CCC(=O)N2CC[C@H](O)[C@H](O)C2)CC1. The second-order valence-electron chi connectivity index (χ2n) is 7.98. The lowest BCUT2D eigenvalue weighted by molar-refractivity contribution is -0.139. The Kier molecular flexibility index (Phi) is 8.53. The summed E-state index contributed by atoms with van der Waals surface area (Å²) in [6.07, 6.45) is 2.01. The van der Waals surface area contributed by atoms with E-state index in [2.05, 4.69) is 0 Å². The number of aliphatic hydroxyl groups is 2. The lowest BCUT2D eigenvalue weighted by Crippen LogP contribution is -2.49. The number of rotatable bonds is 5. The maximum atomic E-state index is 12.6. The molecule has 0 bridgehead atoms. The molecule has 2 N–H and O–H groups in total. The van der Waals surface area contributed by atoms with Gasteiger partial charge in [-0.05, 0) is 30.2 Å². The van der Waals surface area contributed by atoms with Crippen LogP contribution in [-0.2, 0) is 14.4 Å². The molecular formula is C22H27Cl2N3O5. The van der Waals surface area contributed by atoms with Crippen LogP contribution in [0.4, 0.5) is 0 Å². The first-order chi connectivity index (χ1) is 15.2. The van der Waals surface area contributed by atoms with Crippen LogP contribution in [0.25, 0.3) is 6.08 Å². The zero-order valence-electron chi connectivity index (χ0n) is 17.6. The van der Waals surface area contributed by atoms with Gasteiger partial charge in [0.05, 0.1) is 22.3 Å². The number of halogens is 2. The summed E-state index contributed by atoms with van der Waals surface area (Å²) < 4.78 is 0. The minimum atomic E-state index is -0.941. The highest BCUT2D eigenvalue weighted by molar-refractivity contribution is 6.42. The third-order valence-corrected chi connectivity index (χ3v) is 6.50. The normalized spacial score (nSPS) is 22.4. The Labute approximate surface area is 197 Å². The van der Waals surface area contributed by atoms with Crippen molar-refractivity contribution in [2.75, 3.05) is 39.3 Å². The van der Waals surface area contributed by atoms with Crippen molar-refractivity contribution < 1.29 is 24.6 Å². The summed E-state index contributed by atoms with van der Waals surface area (Å²) in [5.41, 5.74) is 0.745. The Morgan fingerprint density at radius 1 is 1.03 bits per heavy atom. The highest BCUT2D eigenvalue weighted by atomic mass is 35.5. The molecule has 0 spiro atoms. The topological polar surface area (TPSA) is 101 Å². The summed E-state index contributed by atoms with van der Waals surface area (Å²) >= 11 is 11.9. The Bertz CT molecular complexity index is 894. The number of carbonyl (C=O) groups is 3. The number of piperidine rings is 1. The summed E-state index contributed by atoms with van der Waals surface area (Å²) in [6.45, 7) is 1.77. The van der Waals surface area contributed by atoms with E-state index in [1.54, 1.807) is 34.1 Å². The number of likely N-dealkylation sites (tertiary alicyclic amines) is 1. The maximum absolute atomic E-state index is 12.6. The largest absolute Gasteiger partial charge is 0.390 e. The molecule has 0 saturated carbocycles. The van der Waals surface area contributed by atoms with E-state index >= 15 is 0 Å². The van der Waals surface area contributed by atoms with Gasteiger partial charge in [0.25, 0.3) is 0 Å². The molecule has 3 amide bonds. The quantitative estimate of drug-likeness (QED) is 0.616. The van der Waals surface area contributed by atoms with Gasteiger partial charge in [-0.2, -0.15) is 0 Å². The molecule has 0 aliphatic carbocycles. The smallest absolute Gasteiger partial charge is 0.246 e. The molecule has 2 fully saturated rings. The summed E-state index contributed by atoms with van der Waals surface area (Å²) in [4.78, 5) is 42.2.